The van der Waals surface area contributed by atoms with E-state index in [9.17, 15) is 0 Å². The Morgan fingerprint density at radius 1 is 0.528 bits per heavy atom. The second-order valence-corrected chi connectivity index (χ2v) is 20.7. The van der Waals surface area contributed by atoms with Crippen molar-refractivity contribution in [2.45, 2.75) is 46.5 Å². The van der Waals surface area contributed by atoms with Gasteiger partial charge in [0.15, 0.2) is 0 Å². The van der Waals surface area contributed by atoms with Crippen molar-refractivity contribution in [3.8, 4) is 33.4 Å². The average Bonchev–Trinajstić information content (AvgIpc) is 4.11. The minimum absolute atomic E-state index is 0.836. The topological polar surface area (TPSA) is 57.8 Å². The average molecular weight is 931 g/mol. The molecule has 2 aliphatic carbocycles. The van der Waals surface area contributed by atoms with Crippen LogP contribution in [0, 0.1) is 0 Å². The first-order valence-electron chi connectivity index (χ1n) is 25.7. The highest BCUT2D eigenvalue weighted by Crippen LogP contribution is 2.52. The van der Waals surface area contributed by atoms with Crippen molar-refractivity contribution in [2.24, 2.45) is 19.8 Å². The van der Waals surface area contributed by atoms with Crippen molar-refractivity contribution >= 4 is 98.6 Å². The lowest BCUT2D eigenvalue weighted by molar-refractivity contribution is 0.882. The van der Waals surface area contributed by atoms with Crippen LogP contribution < -0.4 is 11.1 Å². The fourth-order valence-corrected chi connectivity index (χ4v) is 13.6. The van der Waals surface area contributed by atoms with Gasteiger partial charge in [0.1, 0.15) is 0 Å². The summed E-state index contributed by atoms with van der Waals surface area (Å²) in [5, 5.41) is 14.0. The molecule has 0 spiro atoms. The molecule has 4 aromatic heterocycles. The molecular formula is C66H54N6. The zero-order valence-electron chi connectivity index (χ0n) is 41.4. The molecule has 15 rings (SSSR count). The first-order valence-corrected chi connectivity index (χ1v) is 25.7. The molecule has 0 amide bonds. The largest absolute Gasteiger partial charge is 0.403 e. The van der Waals surface area contributed by atoms with Crippen LogP contribution in [-0.2, 0) is 39.8 Å². The zero-order chi connectivity index (χ0) is 48.3. The molecule has 0 bridgehead atoms. The Morgan fingerprint density at radius 3 is 1.54 bits per heavy atom. The Kier molecular flexibility index (Phi) is 8.62. The molecule has 1 aliphatic heterocycles. The lowest BCUT2D eigenvalue weighted by atomic mass is 9.74. The Hall–Kier alpha value is -8.48. The minimum Gasteiger partial charge on any atom is -0.403 e. The maximum absolute atomic E-state index is 6.71. The summed E-state index contributed by atoms with van der Waals surface area (Å²) in [4.78, 5) is 0. The molecule has 3 N–H and O–H groups in total. The van der Waals surface area contributed by atoms with E-state index in [0.717, 1.165) is 43.5 Å². The predicted octanol–water partition coefficient (Wildman–Crippen LogP) is 15.5. The van der Waals surface area contributed by atoms with Crippen LogP contribution in [-0.4, -0.2) is 24.8 Å². The van der Waals surface area contributed by atoms with E-state index in [-0.39, 0.29) is 0 Å². The third-order valence-electron chi connectivity index (χ3n) is 17.1. The quantitative estimate of drug-likeness (QED) is 0.169. The predicted molar refractivity (Wildman–Crippen MR) is 305 cm³/mol. The van der Waals surface area contributed by atoms with Crippen LogP contribution in [0.2, 0.25) is 0 Å². The highest BCUT2D eigenvalue weighted by atomic mass is 15.0. The van der Waals surface area contributed by atoms with Gasteiger partial charge in [0, 0.05) is 98.2 Å². The van der Waals surface area contributed by atoms with Crippen molar-refractivity contribution in [3.05, 3.63) is 191 Å². The number of aryl methyl sites for hydroxylation is 6. The smallest absolute Gasteiger partial charge is 0.0645 e. The zero-order valence-corrected chi connectivity index (χ0v) is 41.4. The molecule has 348 valence electrons. The van der Waals surface area contributed by atoms with E-state index in [1.807, 2.05) is 6.20 Å². The summed E-state index contributed by atoms with van der Waals surface area (Å²) in [6.45, 7) is 7.42. The van der Waals surface area contributed by atoms with Crippen molar-refractivity contribution in [1.29, 1.82) is 0 Å². The van der Waals surface area contributed by atoms with Gasteiger partial charge >= 0.3 is 0 Å². The molecule has 0 fully saturated rings. The number of rotatable bonds is 5. The fraction of sp³-hybridized carbons (Fsp3) is 0.152. The lowest BCUT2D eigenvalue weighted by Gasteiger charge is -2.32. The second-order valence-electron chi connectivity index (χ2n) is 20.7. The Labute approximate surface area is 417 Å². The van der Waals surface area contributed by atoms with E-state index >= 15 is 0 Å². The van der Waals surface area contributed by atoms with Crippen molar-refractivity contribution in [1.82, 2.24) is 23.6 Å². The number of aromatic nitrogens is 4. The summed E-state index contributed by atoms with van der Waals surface area (Å²) in [6.07, 6.45) is 12.5. The molecule has 6 heteroatoms. The van der Waals surface area contributed by atoms with Crippen molar-refractivity contribution < 1.29 is 0 Å². The van der Waals surface area contributed by atoms with Gasteiger partial charge in [-0.25, -0.2) is 0 Å². The number of hydrogen-bond acceptors (Lipinski definition) is 2. The Bertz CT molecular complexity index is 4300. The second kappa shape index (κ2) is 15.0. The summed E-state index contributed by atoms with van der Waals surface area (Å²) in [5.41, 5.74) is 35.1. The van der Waals surface area contributed by atoms with Gasteiger partial charge in [-0.1, -0.05) is 72.8 Å². The lowest BCUT2D eigenvalue weighted by Crippen LogP contribution is -2.18. The number of para-hydroxylation sites is 2. The maximum atomic E-state index is 6.71. The van der Waals surface area contributed by atoms with Gasteiger partial charge < -0.3 is 29.3 Å². The number of dihydropyridines is 1. The van der Waals surface area contributed by atoms with E-state index in [0.29, 0.717) is 0 Å². The van der Waals surface area contributed by atoms with E-state index < -0.39 is 0 Å². The summed E-state index contributed by atoms with van der Waals surface area (Å²) in [6, 6.07) is 50.9. The fourth-order valence-electron chi connectivity index (χ4n) is 13.6. The summed E-state index contributed by atoms with van der Waals surface area (Å²) >= 11 is 0. The van der Waals surface area contributed by atoms with Crippen LogP contribution in [0.1, 0.15) is 43.0 Å². The molecule has 8 aromatic carbocycles. The number of benzene rings is 8. The number of nitrogens with one attached hydrogen (secondary N) is 1. The van der Waals surface area contributed by atoms with Crippen LogP contribution >= 0.6 is 0 Å². The summed E-state index contributed by atoms with van der Waals surface area (Å²) < 4.78 is 9.71. The normalized spacial score (nSPS) is 15.0. The minimum atomic E-state index is 0.836. The Balaban J connectivity index is 0.968. The highest BCUT2D eigenvalue weighted by Gasteiger charge is 2.34. The number of nitrogens with two attached hydrogens (primary N) is 1. The third kappa shape index (κ3) is 5.49. The monoisotopic (exact) mass is 930 g/mol. The molecule has 12 aromatic rings. The van der Waals surface area contributed by atoms with Gasteiger partial charge in [0.25, 0.3) is 0 Å². The highest BCUT2D eigenvalue weighted by molar-refractivity contribution is 6.19. The van der Waals surface area contributed by atoms with Gasteiger partial charge in [-0.15, -0.1) is 0 Å². The maximum Gasteiger partial charge on any atom is 0.0645 e. The van der Waals surface area contributed by atoms with Crippen LogP contribution in [0.4, 0.5) is 0 Å². The SMILES string of the molecule is C/C=C(C)\C(=C/N)n1c2ccc(-c3ccc4c(c3)c3ccccc3n4C)cc2c2cc3c4c(c21)CCc1cc2c5cc(-c6ccc7c(c6)c6ccccc6n7C)ccc5n(C5=CNCC=C5C)c2c(c1-4)CC3. The first-order chi connectivity index (χ1) is 35.3. The van der Waals surface area contributed by atoms with Gasteiger partial charge in [0.2, 0.25) is 0 Å². The standard InChI is InChI=1S/C66H54N6/c1-6-37(2)61(35-67)71-59-25-19-41(39-17-23-57-49(29-39)45-11-7-9-13-55(45)69(57)4)31-51(59)53-33-43-16-22-48-64-44(15-21-47(63(43)64)65(53)71)34-54-52-32-42(20-26-60(52)72(66(48)54)62-36-68-28-27-38(62)3)40-18-24-58-50(30-40)46-12-8-10-14-56(46)70(58)5/h6-14,17-20,23-27,29-36,68H,15-16,21-22,28,67H2,1-5H3/b37-6-,61-35+. The van der Waals surface area contributed by atoms with Crippen LogP contribution in [0.3, 0.4) is 0 Å². The van der Waals surface area contributed by atoms with E-state index in [1.54, 1.807) is 0 Å². The molecule has 0 saturated carbocycles. The molecule has 5 heterocycles. The summed E-state index contributed by atoms with van der Waals surface area (Å²) in [7, 11) is 4.35. The van der Waals surface area contributed by atoms with Crippen LogP contribution in [0.25, 0.3) is 132 Å². The molecule has 6 nitrogen and oxygen atoms in total. The number of hydrogen-bond donors (Lipinski definition) is 2. The molecule has 0 radical (unpaired) electrons. The van der Waals surface area contributed by atoms with E-state index in [1.165, 1.54) is 154 Å². The molecule has 0 unspecified atom stereocenters. The van der Waals surface area contributed by atoms with Gasteiger partial charge in [-0.2, -0.15) is 0 Å². The van der Waals surface area contributed by atoms with Crippen molar-refractivity contribution in [3.63, 3.8) is 0 Å². The third-order valence-corrected chi connectivity index (χ3v) is 17.1. The Morgan fingerprint density at radius 2 is 1.00 bits per heavy atom. The summed E-state index contributed by atoms with van der Waals surface area (Å²) in [5.74, 6) is 0. The molecule has 72 heavy (non-hydrogen) atoms. The molecular weight excluding hydrogens is 877 g/mol. The van der Waals surface area contributed by atoms with Crippen molar-refractivity contribution in [2.75, 3.05) is 6.54 Å². The van der Waals surface area contributed by atoms with Crippen LogP contribution in [0.5, 0.6) is 0 Å². The number of fused-ring (bicyclic) bond motifs is 14. The van der Waals surface area contributed by atoms with Gasteiger partial charge in [-0.3, -0.25) is 0 Å². The van der Waals surface area contributed by atoms with Gasteiger partial charge in [0.05, 0.1) is 33.5 Å². The van der Waals surface area contributed by atoms with E-state index in [2.05, 4.69) is 210 Å². The molecule has 0 atom stereocenters. The number of allylic oxidation sites excluding steroid dienone is 5. The van der Waals surface area contributed by atoms with Crippen LogP contribution in [0.15, 0.2) is 169 Å². The van der Waals surface area contributed by atoms with E-state index in [4.69, 9.17) is 5.73 Å². The van der Waals surface area contributed by atoms with Gasteiger partial charge in [-0.05, 0) is 186 Å². The molecule has 3 aliphatic rings. The molecule has 0 saturated heterocycles. The number of nitrogens with zero attached hydrogens (tertiary/aromatic N) is 4. The first kappa shape index (κ1) is 41.3.